The van der Waals surface area contributed by atoms with E-state index in [4.69, 9.17) is 5.26 Å². The first-order chi connectivity index (χ1) is 6.69. The highest BCUT2D eigenvalue weighted by atomic mass is 15.2. The predicted molar refractivity (Wildman–Crippen MR) is 57.1 cm³/mol. The second kappa shape index (κ2) is 4.61. The summed E-state index contributed by atoms with van der Waals surface area (Å²) in [6.45, 7) is 7.22. The SMILES string of the molecule is CCN(c1cc(C#N)ccn1)C(C)C. The Morgan fingerprint density at radius 1 is 1.57 bits per heavy atom. The van der Waals surface area contributed by atoms with Crippen molar-refractivity contribution in [3.8, 4) is 6.07 Å². The van der Waals surface area contributed by atoms with E-state index in [9.17, 15) is 0 Å². The number of nitrogens with zero attached hydrogens (tertiary/aromatic N) is 3. The van der Waals surface area contributed by atoms with Gasteiger partial charge in [0.15, 0.2) is 0 Å². The van der Waals surface area contributed by atoms with Crippen molar-refractivity contribution in [1.29, 1.82) is 5.26 Å². The molecule has 0 saturated heterocycles. The Balaban J connectivity index is 2.99. The summed E-state index contributed by atoms with van der Waals surface area (Å²) in [5, 5.41) is 8.76. The Morgan fingerprint density at radius 3 is 2.79 bits per heavy atom. The van der Waals surface area contributed by atoms with Gasteiger partial charge in [0.05, 0.1) is 11.6 Å². The minimum absolute atomic E-state index is 0.404. The molecular weight excluding hydrogens is 174 g/mol. The first-order valence-electron chi connectivity index (χ1n) is 4.81. The normalized spacial score (nSPS) is 9.93. The van der Waals surface area contributed by atoms with E-state index in [2.05, 4.69) is 36.7 Å². The van der Waals surface area contributed by atoms with Gasteiger partial charge in [-0.1, -0.05) is 0 Å². The Kier molecular flexibility index (Phi) is 3.47. The van der Waals surface area contributed by atoms with Gasteiger partial charge in [0, 0.05) is 18.8 Å². The maximum atomic E-state index is 8.76. The number of nitriles is 1. The molecule has 0 spiro atoms. The summed E-state index contributed by atoms with van der Waals surface area (Å²) in [6, 6.07) is 6.07. The lowest BCUT2D eigenvalue weighted by Crippen LogP contribution is -2.31. The Morgan fingerprint density at radius 2 is 2.29 bits per heavy atom. The molecule has 0 aliphatic heterocycles. The van der Waals surface area contributed by atoms with E-state index in [1.54, 1.807) is 12.3 Å². The molecule has 0 atom stereocenters. The van der Waals surface area contributed by atoms with Gasteiger partial charge in [-0.25, -0.2) is 4.98 Å². The number of pyridine rings is 1. The minimum Gasteiger partial charge on any atom is -0.354 e. The fraction of sp³-hybridized carbons (Fsp3) is 0.455. The molecule has 14 heavy (non-hydrogen) atoms. The number of hydrogen-bond acceptors (Lipinski definition) is 3. The number of hydrogen-bond donors (Lipinski definition) is 0. The number of rotatable bonds is 3. The van der Waals surface area contributed by atoms with Crippen LogP contribution in [0.4, 0.5) is 5.82 Å². The molecule has 3 heteroatoms. The molecule has 3 nitrogen and oxygen atoms in total. The summed E-state index contributed by atoms with van der Waals surface area (Å²) in [4.78, 5) is 6.41. The largest absolute Gasteiger partial charge is 0.354 e. The summed E-state index contributed by atoms with van der Waals surface area (Å²) in [5.41, 5.74) is 0.661. The van der Waals surface area contributed by atoms with Crippen molar-refractivity contribution in [2.75, 3.05) is 11.4 Å². The second-order valence-electron chi connectivity index (χ2n) is 3.39. The maximum Gasteiger partial charge on any atom is 0.130 e. The van der Waals surface area contributed by atoms with E-state index in [-0.39, 0.29) is 0 Å². The fourth-order valence-electron chi connectivity index (χ4n) is 1.44. The molecule has 0 unspecified atom stereocenters. The lowest BCUT2D eigenvalue weighted by atomic mass is 10.2. The van der Waals surface area contributed by atoms with E-state index in [0.29, 0.717) is 11.6 Å². The highest BCUT2D eigenvalue weighted by Gasteiger charge is 2.09. The molecule has 0 aliphatic rings. The van der Waals surface area contributed by atoms with Crippen molar-refractivity contribution >= 4 is 5.82 Å². The van der Waals surface area contributed by atoms with Crippen LogP contribution in [0, 0.1) is 11.3 Å². The highest BCUT2D eigenvalue weighted by molar-refractivity contribution is 5.45. The van der Waals surface area contributed by atoms with Crippen LogP contribution in [0.25, 0.3) is 0 Å². The molecule has 1 aromatic heterocycles. The standard InChI is InChI=1S/C11H15N3/c1-4-14(9(2)3)11-7-10(8-12)5-6-13-11/h5-7,9H,4H2,1-3H3. The van der Waals surface area contributed by atoms with E-state index < -0.39 is 0 Å². The van der Waals surface area contributed by atoms with Gasteiger partial charge in [0.2, 0.25) is 0 Å². The number of anilines is 1. The second-order valence-corrected chi connectivity index (χ2v) is 3.39. The topological polar surface area (TPSA) is 39.9 Å². The molecule has 1 rings (SSSR count). The maximum absolute atomic E-state index is 8.76. The molecule has 1 aromatic rings. The third-order valence-corrected chi connectivity index (χ3v) is 2.13. The first-order valence-corrected chi connectivity index (χ1v) is 4.81. The van der Waals surface area contributed by atoms with Gasteiger partial charge < -0.3 is 4.90 Å². The summed E-state index contributed by atoms with van der Waals surface area (Å²) in [6.07, 6.45) is 1.68. The van der Waals surface area contributed by atoms with Gasteiger partial charge in [-0.05, 0) is 32.9 Å². The van der Waals surface area contributed by atoms with E-state index in [0.717, 1.165) is 12.4 Å². The van der Waals surface area contributed by atoms with Crippen LogP contribution in [0.5, 0.6) is 0 Å². The molecular formula is C11H15N3. The third kappa shape index (κ3) is 2.23. The van der Waals surface area contributed by atoms with Crippen LogP contribution in [0.1, 0.15) is 26.3 Å². The fourth-order valence-corrected chi connectivity index (χ4v) is 1.44. The zero-order valence-electron chi connectivity index (χ0n) is 8.86. The predicted octanol–water partition coefficient (Wildman–Crippen LogP) is 2.19. The molecule has 0 aromatic carbocycles. The molecule has 1 heterocycles. The third-order valence-electron chi connectivity index (χ3n) is 2.13. The summed E-state index contributed by atoms with van der Waals surface area (Å²) in [7, 11) is 0. The van der Waals surface area contributed by atoms with Crippen molar-refractivity contribution in [1.82, 2.24) is 4.98 Å². The van der Waals surface area contributed by atoms with Crippen molar-refractivity contribution in [2.45, 2.75) is 26.8 Å². The Labute approximate surface area is 85.0 Å². The molecule has 74 valence electrons. The average Bonchev–Trinajstić information content (AvgIpc) is 2.19. The van der Waals surface area contributed by atoms with E-state index in [1.165, 1.54) is 0 Å². The van der Waals surface area contributed by atoms with Crippen LogP contribution in [0.3, 0.4) is 0 Å². The Bertz CT molecular complexity index is 339. The average molecular weight is 189 g/mol. The minimum atomic E-state index is 0.404. The zero-order chi connectivity index (χ0) is 10.6. The monoisotopic (exact) mass is 189 g/mol. The van der Waals surface area contributed by atoms with Crippen LogP contribution in [-0.2, 0) is 0 Å². The van der Waals surface area contributed by atoms with Gasteiger partial charge in [-0.2, -0.15) is 5.26 Å². The van der Waals surface area contributed by atoms with Crippen molar-refractivity contribution in [2.24, 2.45) is 0 Å². The molecule has 0 saturated carbocycles. The first kappa shape index (κ1) is 10.5. The van der Waals surface area contributed by atoms with Gasteiger partial charge in [0.1, 0.15) is 5.82 Å². The van der Waals surface area contributed by atoms with Gasteiger partial charge in [0.25, 0.3) is 0 Å². The Hall–Kier alpha value is -1.56. The molecule has 0 fully saturated rings. The smallest absolute Gasteiger partial charge is 0.130 e. The van der Waals surface area contributed by atoms with Gasteiger partial charge in [-0.15, -0.1) is 0 Å². The summed E-state index contributed by atoms with van der Waals surface area (Å²) < 4.78 is 0. The van der Waals surface area contributed by atoms with Crippen LogP contribution >= 0.6 is 0 Å². The van der Waals surface area contributed by atoms with Crippen molar-refractivity contribution in [3.05, 3.63) is 23.9 Å². The molecule has 0 bridgehead atoms. The van der Waals surface area contributed by atoms with Crippen molar-refractivity contribution in [3.63, 3.8) is 0 Å². The van der Waals surface area contributed by atoms with Crippen LogP contribution in [-0.4, -0.2) is 17.6 Å². The van der Waals surface area contributed by atoms with Gasteiger partial charge >= 0.3 is 0 Å². The molecule has 0 amide bonds. The lowest BCUT2D eigenvalue weighted by Gasteiger charge is -2.26. The zero-order valence-corrected chi connectivity index (χ0v) is 8.86. The number of aromatic nitrogens is 1. The van der Waals surface area contributed by atoms with E-state index >= 15 is 0 Å². The van der Waals surface area contributed by atoms with E-state index in [1.807, 2.05) is 6.07 Å². The molecule has 0 N–H and O–H groups in total. The summed E-state index contributed by atoms with van der Waals surface area (Å²) >= 11 is 0. The van der Waals surface area contributed by atoms with Crippen molar-refractivity contribution < 1.29 is 0 Å². The van der Waals surface area contributed by atoms with Crippen LogP contribution in [0.2, 0.25) is 0 Å². The quantitative estimate of drug-likeness (QED) is 0.731. The summed E-state index contributed by atoms with van der Waals surface area (Å²) in [5.74, 6) is 0.876. The van der Waals surface area contributed by atoms with Crippen LogP contribution < -0.4 is 4.90 Å². The molecule has 0 aliphatic carbocycles. The highest BCUT2D eigenvalue weighted by Crippen LogP contribution is 2.14. The molecule has 0 radical (unpaired) electrons. The van der Waals surface area contributed by atoms with Gasteiger partial charge in [-0.3, -0.25) is 0 Å². The lowest BCUT2D eigenvalue weighted by molar-refractivity contribution is 0.693. The van der Waals surface area contributed by atoms with Crippen LogP contribution in [0.15, 0.2) is 18.3 Å².